The van der Waals surface area contributed by atoms with Gasteiger partial charge in [-0.25, -0.2) is 0 Å². The Morgan fingerprint density at radius 3 is 2.88 bits per heavy atom. The van der Waals surface area contributed by atoms with Gasteiger partial charge in [0.1, 0.15) is 0 Å². The Balaban J connectivity index is 1.66. The van der Waals surface area contributed by atoms with Gasteiger partial charge in [-0.15, -0.1) is 16.4 Å². The van der Waals surface area contributed by atoms with Gasteiger partial charge in [0, 0.05) is 18.2 Å². The van der Waals surface area contributed by atoms with Crippen LogP contribution in [-0.2, 0) is 4.79 Å². The summed E-state index contributed by atoms with van der Waals surface area (Å²) in [6.07, 6.45) is 2.66. The summed E-state index contributed by atoms with van der Waals surface area (Å²) < 4.78 is 5.91. The molecule has 0 fully saturated rings. The third kappa shape index (κ3) is 4.28. The molecule has 3 aromatic rings. The summed E-state index contributed by atoms with van der Waals surface area (Å²) in [6.45, 7) is 0. The van der Waals surface area contributed by atoms with E-state index in [1.807, 2.05) is 0 Å². The Kier molecular flexibility index (Phi) is 4.87. The molecule has 0 aliphatic heterocycles. The van der Waals surface area contributed by atoms with Crippen LogP contribution in [0.25, 0.3) is 16.8 Å². The summed E-state index contributed by atoms with van der Waals surface area (Å²) in [6, 6.07) is 9.27. The number of nitrogens with one attached hydrogen (secondary N) is 1. The second kappa shape index (κ2) is 7.24. The van der Waals surface area contributed by atoms with E-state index in [2.05, 4.69) is 15.5 Å². The second-order valence-corrected chi connectivity index (χ2v) is 6.41. The van der Waals surface area contributed by atoms with Crippen LogP contribution in [0.2, 0.25) is 4.34 Å². The third-order valence-corrected chi connectivity index (χ3v) is 4.17. The molecule has 0 atom stereocenters. The average Bonchev–Trinajstić information content (AvgIpc) is 3.22. The van der Waals surface area contributed by atoms with Gasteiger partial charge in [-0.3, -0.25) is 20.2 Å². The number of benzene rings is 1. The number of thiophene rings is 1. The molecule has 0 bridgehead atoms. The number of hydrogen-bond donors (Lipinski definition) is 1. The lowest BCUT2D eigenvalue weighted by Gasteiger charge is -1.95. The smallest absolute Gasteiger partial charge is 0.322 e. The van der Waals surface area contributed by atoms with Crippen molar-refractivity contribution < 1.29 is 14.1 Å². The summed E-state index contributed by atoms with van der Waals surface area (Å²) in [5.41, 5.74) is 0.461. The van der Waals surface area contributed by atoms with Crippen molar-refractivity contribution in [2.75, 3.05) is 5.32 Å². The molecule has 0 unspecified atom stereocenters. The molecule has 1 aromatic carbocycles. The standard InChI is InChI=1S/C15H9ClN4O4S/c16-12-6-5-11(25-12)14-18-19-15(24-14)17-13(21)7-4-9-2-1-3-10(8-9)20(22)23/h1-8H,(H,17,19,21)/b7-4+. The van der Waals surface area contributed by atoms with Crippen molar-refractivity contribution in [3.05, 3.63) is 62.5 Å². The lowest BCUT2D eigenvalue weighted by molar-refractivity contribution is -0.384. The number of aromatic nitrogens is 2. The zero-order valence-electron chi connectivity index (χ0n) is 12.4. The molecule has 126 valence electrons. The van der Waals surface area contributed by atoms with E-state index in [1.165, 1.54) is 41.7 Å². The van der Waals surface area contributed by atoms with Crippen molar-refractivity contribution in [1.29, 1.82) is 0 Å². The summed E-state index contributed by atoms with van der Waals surface area (Å²) in [5, 5.41) is 20.7. The first-order valence-corrected chi connectivity index (χ1v) is 8.03. The highest BCUT2D eigenvalue weighted by molar-refractivity contribution is 7.19. The number of rotatable bonds is 5. The first kappa shape index (κ1) is 16.8. The molecule has 1 amide bonds. The van der Waals surface area contributed by atoms with Gasteiger partial charge in [0.05, 0.1) is 14.1 Å². The first-order chi connectivity index (χ1) is 12.0. The van der Waals surface area contributed by atoms with Gasteiger partial charge in [-0.2, -0.15) is 0 Å². The molecule has 1 N–H and O–H groups in total. The maximum atomic E-state index is 11.9. The van der Waals surface area contributed by atoms with Crippen LogP contribution in [0.15, 0.2) is 46.9 Å². The molecule has 8 nitrogen and oxygen atoms in total. The van der Waals surface area contributed by atoms with Crippen LogP contribution in [-0.4, -0.2) is 21.0 Å². The molecule has 0 spiro atoms. The number of nitro benzene ring substituents is 1. The highest BCUT2D eigenvalue weighted by Gasteiger charge is 2.12. The number of hydrogen-bond acceptors (Lipinski definition) is 7. The molecule has 2 aromatic heterocycles. The van der Waals surface area contributed by atoms with Gasteiger partial charge in [0.25, 0.3) is 17.5 Å². The molecule has 0 radical (unpaired) electrons. The van der Waals surface area contributed by atoms with E-state index in [9.17, 15) is 14.9 Å². The molecule has 3 rings (SSSR count). The number of amides is 1. The van der Waals surface area contributed by atoms with E-state index >= 15 is 0 Å². The van der Waals surface area contributed by atoms with E-state index < -0.39 is 10.8 Å². The monoisotopic (exact) mass is 376 g/mol. The minimum absolute atomic E-state index is 0.0568. The number of nitro groups is 1. The van der Waals surface area contributed by atoms with Gasteiger partial charge in [-0.1, -0.05) is 28.8 Å². The Morgan fingerprint density at radius 2 is 2.16 bits per heavy atom. The SMILES string of the molecule is O=C(/C=C/c1cccc([N+](=O)[O-])c1)Nc1nnc(-c2ccc(Cl)s2)o1. The molecule has 10 heteroatoms. The zero-order valence-corrected chi connectivity index (χ0v) is 14.0. The quantitative estimate of drug-likeness (QED) is 0.409. The number of carbonyl (C=O) groups excluding carboxylic acids is 1. The van der Waals surface area contributed by atoms with Crippen LogP contribution in [0, 0.1) is 10.1 Å². The molecular formula is C15H9ClN4O4S. The molecule has 0 saturated heterocycles. The number of halogens is 1. The van der Waals surface area contributed by atoms with Gasteiger partial charge < -0.3 is 4.42 Å². The van der Waals surface area contributed by atoms with Crippen LogP contribution in [0.4, 0.5) is 11.7 Å². The fourth-order valence-corrected chi connectivity index (χ4v) is 2.83. The fraction of sp³-hybridized carbons (Fsp3) is 0. The Morgan fingerprint density at radius 1 is 1.32 bits per heavy atom. The molecule has 0 saturated carbocycles. The number of anilines is 1. The maximum Gasteiger partial charge on any atom is 0.322 e. The largest absolute Gasteiger partial charge is 0.402 e. The van der Waals surface area contributed by atoms with Crippen molar-refractivity contribution >= 4 is 46.6 Å². The molecule has 25 heavy (non-hydrogen) atoms. The molecular weight excluding hydrogens is 368 g/mol. The minimum atomic E-state index is -0.508. The Labute approximate surface area is 149 Å². The van der Waals surface area contributed by atoms with Gasteiger partial charge >= 0.3 is 6.01 Å². The lowest BCUT2D eigenvalue weighted by Crippen LogP contribution is -2.07. The molecule has 0 aliphatic carbocycles. The van der Waals surface area contributed by atoms with Crippen molar-refractivity contribution in [3.8, 4) is 10.8 Å². The minimum Gasteiger partial charge on any atom is -0.402 e. The van der Waals surface area contributed by atoms with Crippen LogP contribution in [0.3, 0.4) is 0 Å². The summed E-state index contributed by atoms with van der Waals surface area (Å²) in [7, 11) is 0. The average molecular weight is 377 g/mol. The van der Waals surface area contributed by atoms with Crippen LogP contribution >= 0.6 is 22.9 Å². The highest BCUT2D eigenvalue weighted by atomic mass is 35.5. The predicted molar refractivity (Wildman–Crippen MR) is 93.4 cm³/mol. The van der Waals surface area contributed by atoms with E-state index in [4.69, 9.17) is 16.0 Å². The third-order valence-electron chi connectivity index (χ3n) is 2.95. The number of non-ortho nitro benzene ring substituents is 1. The van der Waals surface area contributed by atoms with Crippen molar-refractivity contribution in [2.45, 2.75) is 0 Å². The Bertz CT molecular complexity index is 966. The predicted octanol–water partition coefficient (Wildman–Crippen LogP) is 4.01. The van der Waals surface area contributed by atoms with Gasteiger partial charge in [-0.05, 0) is 23.8 Å². The number of nitrogens with zero attached hydrogens (tertiary/aromatic N) is 3. The van der Waals surface area contributed by atoms with E-state index in [-0.39, 0.29) is 17.6 Å². The van der Waals surface area contributed by atoms with Crippen LogP contribution in [0.5, 0.6) is 0 Å². The molecule has 2 heterocycles. The second-order valence-electron chi connectivity index (χ2n) is 4.69. The van der Waals surface area contributed by atoms with E-state index in [0.29, 0.717) is 14.8 Å². The van der Waals surface area contributed by atoms with Crippen LogP contribution < -0.4 is 5.32 Å². The van der Waals surface area contributed by atoms with Gasteiger partial charge in [0.2, 0.25) is 0 Å². The topological polar surface area (TPSA) is 111 Å². The van der Waals surface area contributed by atoms with E-state index in [0.717, 1.165) is 0 Å². The summed E-state index contributed by atoms with van der Waals surface area (Å²) in [4.78, 5) is 22.8. The van der Waals surface area contributed by atoms with Crippen molar-refractivity contribution in [1.82, 2.24) is 10.2 Å². The Hall–Kier alpha value is -3.04. The van der Waals surface area contributed by atoms with Gasteiger partial charge in [0.15, 0.2) is 0 Å². The van der Waals surface area contributed by atoms with E-state index in [1.54, 1.807) is 18.2 Å². The number of carbonyl (C=O) groups is 1. The first-order valence-electron chi connectivity index (χ1n) is 6.84. The van der Waals surface area contributed by atoms with Crippen molar-refractivity contribution in [3.63, 3.8) is 0 Å². The fourth-order valence-electron chi connectivity index (χ4n) is 1.86. The maximum absolute atomic E-state index is 11.9. The summed E-state index contributed by atoms with van der Waals surface area (Å²) in [5.74, 6) is -0.263. The normalized spacial score (nSPS) is 10.9. The summed E-state index contributed by atoms with van der Waals surface area (Å²) >= 11 is 7.11. The van der Waals surface area contributed by atoms with Crippen LogP contribution in [0.1, 0.15) is 5.56 Å². The highest BCUT2D eigenvalue weighted by Crippen LogP contribution is 2.30. The zero-order chi connectivity index (χ0) is 17.8. The molecule has 0 aliphatic rings. The van der Waals surface area contributed by atoms with Crippen molar-refractivity contribution in [2.24, 2.45) is 0 Å². The lowest BCUT2D eigenvalue weighted by atomic mass is 10.2.